The smallest absolute Gasteiger partial charge is 0.269 e. The van der Waals surface area contributed by atoms with Crippen LogP contribution in [-0.2, 0) is 11.2 Å². The summed E-state index contributed by atoms with van der Waals surface area (Å²) in [5, 5.41) is 17.1. The summed E-state index contributed by atoms with van der Waals surface area (Å²) in [6, 6.07) is 6.94. The fourth-order valence-corrected chi connectivity index (χ4v) is 2.16. The largest absolute Gasteiger partial charge is 0.383 e. The van der Waals surface area contributed by atoms with E-state index in [9.17, 15) is 10.1 Å². The zero-order chi connectivity index (χ0) is 17.1. The zero-order valence-electron chi connectivity index (χ0n) is 14.4. The summed E-state index contributed by atoms with van der Waals surface area (Å²) < 4.78 is 5.08. The molecule has 1 aromatic carbocycles. The molecule has 7 nitrogen and oxygen atoms in total. The number of nitro benzene ring substituents is 1. The summed E-state index contributed by atoms with van der Waals surface area (Å²) in [6.07, 6.45) is 2.91. The number of aryl methyl sites for hydroxylation is 1. The lowest BCUT2D eigenvalue weighted by atomic mass is 10.1. The Morgan fingerprint density at radius 2 is 2.00 bits per heavy atom. The highest BCUT2D eigenvalue weighted by molar-refractivity contribution is 14.0. The molecular weight excluding hydrogens is 423 g/mol. The van der Waals surface area contributed by atoms with Gasteiger partial charge in [0.05, 0.1) is 11.5 Å². The molecule has 0 aromatic heterocycles. The third kappa shape index (κ3) is 9.02. The van der Waals surface area contributed by atoms with Gasteiger partial charge in [-0.05, 0) is 31.7 Å². The van der Waals surface area contributed by atoms with Crippen LogP contribution in [0.2, 0.25) is 0 Å². The predicted molar refractivity (Wildman–Crippen MR) is 107 cm³/mol. The highest BCUT2D eigenvalue weighted by atomic mass is 127. The van der Waals surface area contributed by atoms with Gasteiger partial charge in [0, 0.05) is 38.9 Å². The molecule has 1 rings (SSSR count). The first-order chi connectivity index (χ1) is 11.1. The summed E-state index contributed by atoms with van der Waals surface area (Å²) in [5.74, 6) is 0.768. The van der Waals surface area contributed by atoms with E-state index in [1.54, 1.807) is 26.3 Å². The average molecular weight is 450 g/mol. The number of hydrogen-bond acceptors (Lipinski definition) is 4. The minimum atomic E-state index is -0.378. The van der Waals surface area contributed by atoms with Crippen molar-refractivity contribution in [3.8, 4) is 0 Å². The van der Waals surface area contributed by atoms with Crippen molar-refractivity contribution in [2.75, 3.05) is 27.3 Å². The molecule has 2 N–H and O–H groups in total. The molecule has 0 fully saturated rings. The number of hydrogen-bond donors (Lipinski definition) is 2. The van der Waals surface area contributed by atoms with Crippen molar-refractivity contribution >= 4 is 35.6 Å². The van der Waals surface area contributed by atoms with Crippen molar-refractivity contribution in [2.45, 2.75) is 32.2 Å². The maximum atomic E-state index is 10.6. The summed E-state index contributed by atoms with van der Waals surface area (Å²) >= 11 is 0. The molecule has 0 radical (unpaired) electrons. The van der Waals surface area contributed by atoms with Crippen LogP contribution in [0.15, 0.2) is 29.3 Å². The fourth-order valence-electron chi connectivity index (χ4n) is 2.16. The van der Waals surface area contributed by atoms with Crippen molar-refractivity contribution in [1.82, 2.24) is 10.6 Å². The molecule has 0 saturated heterocycles. The third-order valence-electron chi connectivity index (χ3n) is 3.36. The van der Waals surface area contributed by atoms with E-state index in [2.05, 4.69) is 15.6 Å². The van der Waals surface area contributed by atoms with Crippen LogP contribution in [0.4, 0.5) is 5.69 Å². The standard InChI is InChI=1S/C16H26N4O3.HI/c1-13(12-23-3)19-16(17-2)18-11-5-4-6-14-7-9-15(10-8-14)20(21)22;/h7-10,13H,4-6,11-12H2,1-3H3,(H2,17,18,19);1H. The summed E-state index contributed by atoms with van der Waals surface area (Å²) in [5.41, 5.74) is 1.25. The van der Waals surface area contributed by atoms with E-state index in [0.29, 0.717) is 6.61 Å². The molecule has 1 unspecified atom stereocenters. The Hall–Kier alpha value is -1.42. The zero-order valence-corrected chi connectivity index (χ0v) is 16.8. The lowest BCUT2D eigenvalue weighted by molar-refractivity contribution is -0.384. The molecule has 0 bridgehead atoms. The van der Waals surface area contributed by atoms with Crippen LogP contribution in [0.1, 0.15) is 25.3 Å². The normalized spacial score (nSPS) is 12.2. The lowest BCUT2D eigenvalue weighted by Gasteiger charge is -2.17. The number of halogens is 1. The number of non-ortho nitro benzene ring substituents is 1. The van der Waals surface area contributed by atoms with E-state index in [1.807, 2.05) is 19.1 Å². The van der Waals surface area contributed by atoms with Crippen molar-refractivity contribution in [2.24, 2.45) is 4.99 Å². The second-order valence-electron chi connectivity index (χ2n) is 5.38. The Balaban J connectivity index is 0.00000529. The second-order valence-corrected chi connectivity index (χ2v) is 5.38. The minimum absolute atomic E-state index is 0. The molecule has 0 aliphatic heterocycles. The molecule has 24 heavy (non-hydrogen) atoms. The highest BCUT2D eigenvalue weighted by Crippen LogP contribution is 2.13. The molecule has 0 aliphatic rings. The van der Waals surface area contributed by atoms with Gasteiger partial charge in [0.25, 0.3) is 5.69 Å². The summed E-state index contributed by atoms with van der Waals surface area (Å²) in [7, 11) is 3.41. The van der Waals surface area contributed by atoms with Crippen LogP contribution in [0.25, 0.3) is 0 Å². The van der Waals surface area contributed by atoms with Gasteiger partial charge < -0.3 is 15.4 Å². The minimum Gasteiger partial charge on any atom is -0.383 e. The first kappa shape index (κ1) is 22.6. The Bertz CT molecular complexity index is 509. The van der Waals surface area contributed by atoms with E-state index in [1.165, 1.54) is 0 Å². The maximum Gasteiger partial charge on any atom is 0.269 e. The van der Waals surface area contributed by atoms with Crippen molar-refractivity contribution in [3.63, 3.8) is 0 Å². The van der Waals surface area contributed by atoms with Gasteiger partial charge in [0.2, 0.25) is 0 Å². The number of nitro groups is 1. The van der Waals surface area contributed by atoms with Gasteiger partial charge in [-0.15, -0.1) is 24.0 Å². The Kier molecular flexibility index (Phi) is 12.2. The maximum absolute atomic E-state index is 10.6. The van der Waals surface area contributed by atoms with Gasteiger partial charge in [-0.1, -0.05) is 12.1 Å². The molecule has 0 heterocycles. The van der Waals surface area contributed by atoms with Gasteiger partial charge in [0.1, 0.15) is 0 Å². The summed E-state index contributed by atoms with van der Waals surface area (Å²) in [6.45, 7) is 3.48. The van der Waals surface area contributed by atoms with E-state index >= 15 is 0 Å². The number of unbranched alkanes of at least 4 members (excludes halogenated alkanes) is 1. The number of nitrogens with zero attached hydrogens (tertiary/aromatic N) is 2. The van der Waals surface area contributed by atoms with Crippen molar-refractivity contribution in [3.05, 3.63) is 39.9 Å². The number of aliphatic imine (C=N–C) groups is 1. The van der Waals surface area contributed by atoms with Gasteiger partial charge in [0.15, 0.2) is 5.96 Å². The SMILES string of the molecule is CN=C(NCCCCc1ccc([N+](=O)[O-])cc1)NC(C)COC.I. The predicted octanol–water partition coefficient (Wildman–Crippen LogP) is 2.74. The van der Waals surface area contributed by atoms with Gasteiger partial charge in [-0.3, -0.25) is 15.1 Å². The first-order valence-corrected chi connectivity index (χ1v) is 7.76. The number of ether oxygens (including phenoxy) is 1. The number of nitrogens with one attached hydrogen (secondary N) is 2. The van der Waals surface area contributed by atoms with Crippen LogP contribution < -0.4 is 10.6 Å². The summed E-state index contributed by atoms with van der Waals surface area (Å²) in [4.78, 5) is 14.4. The molecular formula is C16H27IN4O3. The Labute approximate surface area is 160 Å². The van der Waals surface area contributed by atoms with Crippen molar-refractivity contribution in [1.29, 1.82) is 0 Å². The lowest BCUT2D eigenvalue weighted by Crippen LogP contribution is -2.44. The Morgan fingerprint density at radius 1 is 1.33 bits per heavy atom. The number of guanidine groups is 1. The van der Waals surface area contributed by atoms with Crippen LogP contribution in [-0.4, -0.2) is 44.2 Å². The molecule has 8 heteroatoms. The molecule has 0 aliphatic carbocycles. The molecule has 136 valence electrons. The second kappa shape index (κ2) is 12.9. The molecule has 1 aromatic rings. The van der Waals surface area contributed by atoms with E-state index in [-0.39, 0.29) is 40.6 Å². The third-order valence-corrected chi connectivity index (χ3v) is 3.36. The Morgan fingerprint density at radius 3 is 2.54 bits per heavy atom. The van der Waals surface area contributed by atoms with Crippen LogP contribution in [0, 0.1) is 10.1 Å². The number of rotatable bonds is 9. The van der Waals surface area contributed by atoms with Crippen molar-refractivity contribution < 1.29 is 9.66 Å². The number of benzene rings is 1. The highest BCUT2D eigenvalue weighted by Gasteiger charge is 2.05. The van der Waals surface area contributed by atoms with Crippen LogP contribution >= 0.6 is 24.0 Å². The van der Waals surface area contributed by atoms with Gasteiger partial charge >= 0.3 is 0 Å². The van der Waals surface area contributed by atoms with Crippen LogP contribution in [0.5, 0.6) is 0 Å². The van der Waals surface area contributed by atoms with Crippen LogP contribution in [0.3, 0.4) is 0 Å². The molecule has 1 atom stereocenters. The fraction of sp³-hybridized carbons (Fsp3) is 0.562. The van der Waals surface area contributed by atoms with E-state index in [4.69, 9.17) is 4.74 Å². The number of methoxy groups -OCH3 is 1. The quantitative estimate of drug-likeness (QED) is 0.151. The first-order valence-electron chi connectivity index (χ1n) is 7.76. The van der Waals surface area contributed by atoms with Gasteiger partial charge in [-0.25, -0.2) is 0 Å². The molecule has 0 spiro atoms. The van der Waals surface area contributed by atoms with Gasteiger partial charge in [-0.2, -0.15) is 0 Å². The molecule has 0 amide bonds. The van der Waals surface area contributed by atoms with E-state index in [0.717, 1.165) is 37.3 Å². The molecule has 0 saturated carbocycles. The average Bonchev–Trinajstić information content (AvgIpc) is 2.54. The topological polar surface area (TPSA) is 88.8 Å². The monoisotopic (exact) mass is 450 g/mol. The van der Waals surface area contributed by atoms with E-state index < -0.39 is 0 Å².